The number of rotatable bonds is 6. The number of hydrogen-bond donors (Lipinski definition) is 2. The van der Waals surface area contributed by atoms with Crippen molar-refractivity contribution in [1.82, 2.24) is 14.9 Å². The van der Waals surface area contributed by atoms with Gasteiger partial charge in [0.1, 0.15) is 0 Å². The Morgan fingerprint density at radius 2 is 1.53 bits per heavy atom. The van der Waals surface area contributed by atoms with Crippen LogP contribution in [0.3, 0.4) is 0 Å². The number of aryl methyl sites for hydroxylation is 2. The molecule has 2 heterocycles. The summed E-state index contributed by atoms with van der Waals surface area (Å²) < 4.78 is 0. The molecule has 1 aromatic heterocycles. The van der Waals surface area contributed by atoms with Crippen LogP contribution in [0.5, 0.6) is 0 Å². The number of anilines is 1. The lowest BCUT2D eigenvalue weighted by Crippen LogP contribution is -2.48. The number of pyridine rings is 1. The van der Waals surface area contributed by atoms with Crippen LogP contribution in [0.25, 0.3) is 0 Å². The number of primary amides is 1. The molecule has 2 aromatic rings. The van der Waals surface area contributed by atoms with E-state index in [1.54, 1.807) is 6.92 Å². The highest BCUT2D eigenvalue weighted by molar-refractivity contribution is 5.86. The van der Waals surface area contributed by atoms with Gasteiger partial charge in [0, 0.05) is 38.8 Å². The Bertz CT molecular complexity index is 844. The lowest BCUT2D eigenvalue weighted by molar-refractivity contribution is -0.129. The van der Waals surface area contributed by atoms with E-state index in [1.807, 2.05) is 35.4 Å². The fraction of sp³-hybridized carbons (Fsp3) is 0.381. The van der Waals surface area contributed by atoms with Crippen LogP contribution in [-0.4, -0.2) is 53.0 Å². The highest BCUT2D eigenvalue weighted by atomic mass is 35.5. The summed E-state index contributed by atoms with van der Waals surface area (Å²) in [6.07, 6.45) is 3.65. The number of piperazine rings is 1. The van der Waals surface area contributed by atoms with E-state index in [1.165, 1.54) is 5.56 Å². The van der Waals surface area contributed by atoms with Crippen LogP contribution in [0.15, 0.2) is 42.6 Å². The van der Waals surface area contributed by atoms with Gasteiger partial charge in [-0.05, 0) is 36.1 Å². The Hall–Kier alpha value is -2.26. The van der Waals surface area contributed by atoms with Crippen molar-refractivity contribution in [2.45, 2.75) is 26.3 Å². The van der Waals surface area contributed by atoms with Gasteiger partial charge in [0.15, 0.2) is 0 Å². The first-order valence-electron chi connectivity index (χ1n) is 9.77. The zero-order chi connectivity index (χ0) is 20.8. The van der Waals surface area contributed by atoms with Crippen LogP contribution in [-0.2, 0) is 24.2 Å². The first-order chi connectivity index (χ1) is 13.9. The molecule has 0 saturated carbocycles. The number of nitrogens with two attached hydrogens (primary N) is 2. The van der Waals surface area contributed by atoms with E-state index >= 15 is 0 Å². The highest BCUT2D eigenvalue weighted by Crippen LogP contribution is 2.17. The number of benzene rings is 1. The summed E-state index contributed by atoms with van der Waals surface area (Å²) in [6.45, 7) is 5.10. The Kier molecular flexibility index (Phi) is 13.0. The molecular formula is C21H31Cl3N6O2. The van der Waals surface area contributed by atoms with Crippen molar-refractivity contribution in [3.05, 3.63) is 59.4 Å². The maximum Gasteiger partial charge on any atom is 0.329 e. The first kappa shape index (κ1) is 29.7. The molecule has 4 N–H and O–H groups in total. The van der Waals surface area contributed by atoms with Gasteiger partial charge in [-0.15, -0.1) is 37.2 Å². The van der Waals surface area contributed by atoms with E-state index in [0.29, 0.717) is 6.54 Å². The number of hydrogen-bond acceptors (Lipinski definition) is 5. The maximum absolute atomic E-state index is 11.4. The fourth-order valence-electron chi connectivity index (χ4n) is 3.39. The Labute approximate surface area is 207 Å². The Morgan fingerprint density at radius 1 is 0.938 bits per heavy atom. The largest absolute Gasteiger partial charge is 0.367 e. The molecule has 0 spiro atoms. The smallest absolute Gasteiger partial charge is 0.329 e. The molecule has 178 valence electrons. The average Bonchev–Trinajstić information content (AvgIpc) is 2.73. The van der Waals surface area contributed by atoms with Crippen LogP contribution >= 0.6 is 37.2 Å². The van der Waals surface area contributed by atoms with Gasteiger partial charge in [-0.25, -0.2) is 10.6 Å². The SMILES string of the molecule is CC(=O)N1CCN(c2ccc(CCc3ccc(CN(N)C(N)=O)cc3)nc2)CC1.Cl.Cl.Cl. The second-order valence-electron chi connectivity index (χ2n) is 7.28. The summed E-state index contributed by atoms with van der Waals surface area (Å²) in [5, 5.41) is 0.987. The van der Waals surface area contributed by atoms with Gasteiger partial charge >= 0.3 is 6.03 Å². The second-order valence-corrected chi connectivity index (χ2v) is 7.28. The molecule has 0 unspecified atom stereocenters. The predicted octanol–water partition coefficient (Wildman–Crippen LogP) is 2.56. The first-order valence-corrected chi connectivity index (χ1v) is 9.77. The van der Waals surface area contributed by atoms with Crippen LogP contribution < -0.4 is 16.5 Å². The second kappa shape index (κ2) is 14.0. The van der Waals surface area contributed by atoms with Gasteiger partial charge < -0.3 is 15.5 Å². The van der Waals surface area contributed by atoms with E-state index in [9.17, 15) is 9.59 Å². The highest BCUT2D eigenvalue weighted by Gasteiger charge is 2.18. The van der Waals surface area contributed by atoms with E-state index in [0.717, 1.165) is 61.0 Å². The van der Waals surface area contributed by atoms with Crippen molar-refractivity contribution >= 4 is 54.8 Å². The number of amides is 3. The maximum atomic E-state index is 11.4. The van der Waals surface area contributed by atoms with Gasteiger partial charge in [-0.1, -0.05) is 24.3 Å². The molecule has 1 aliphatic heterocycles. The fourth-order valence-corrected chi connectivity index (χ4v) is 3.39. The van der Waals surface area contributed by atoms with Gasteiger partial charge in [0.25, 0.3) is 0 Å². The van der Waals surface area contributed by atoms with Gasteiger partial charge in [0.05, 0.1) is 18.4 Å². The van der Waals surface area contributed by atoms with E-state index in [4.69, 9.17) is 11.6 Å². The number of aromatic nitrogens is 1. The number of hydrazine groups is 1. The predicted molar refractivity (Wildman–Crippen MR) is 134 cm³/mol. The number of urea groups is 1. The topological polar surface area (TPSA) is 109 Å². The van der Waals surface area contributed by atoms with E-state index in [-0.39, 0.29) is 43.1 Å². The summed E-state index contributed by atoms with van der Waals surface area (Å²) in [5.74, 6) is 5.68. The van der Waals surface area contributed by atoms with Crippen molar-refractivity contribution in [2.24, 2.45) is 11.6 Å². The number of carbonyl (C=O) groups is 2. The van der Waals surface area contributed by atoms with Crippen LogP contribution in [0.1, 0.15) is 23.7 Å². The molecule has 0 atom stereocenters. The molecule has 1 aliphatic rings. The zero-order valence-corrected chi connectivity index (χ0v) is 20.4. The molecule has 3 amide bonds. The third-order valence-electron chi connectivity index (χ3n) is 5.23. The molecule has 1 fully saturated rings. The number of halogens is 3. The summed E-state index contributed by atoms with van der Waals surface area (Å²) >= 11 is 0. The molecule has 0 aliphatic carbocycles. The molecule has 0 radical (unpaired) electrons. The minimum Gasteiger partial charge on any atom is -0.367 e. The van der Waals surface area contributed by atoms with E-state index in [2.05, 4.69) is 22.0 Å². The van der Waals surface area contributed by atoms with Crippen LogP contribution in [0, 0.1) is 0 Å². The van der Waals surface area contributed by atoms with Crippen molar-refractivity contribution in [3.8, 4) is 0 Å². The van der Waals surface area contributed by atoms with Crippen LogP contribution in [0.2, 0.25) is 0 Å². The van der Waals surface area contributed by atoms with Crippen molar-refractivity contribution < 1.29 is 9.59 Å². The quantitative estimate of drug-likeness (QED) is 0.356. The molecule has 1 aromatic carbocycles. The minimum absolute atomic E-state index is 0. The summed E-state index contributed by atoms with van der Waals surface area (Å²) in [5.41, 5.74) is 9.41. The molecule has 8 nitrogen and oxygen atoms in total. The summed E-state index contributed by atoms with van der Waals surface area (Å²) in [7, 11) is 0. The van der Waals surface area contributed by atoms with Crippen LogP contribution in [0.4, 0.5) is 10.5 Å². The third-order valence-corrected chi connectivity index (χ3v) is 5.23. The standard InChI is InChI=1S/C21H28N6O2.3ClH/c1-16(28)25-10-12-26(13-11-25)20-9-8-19(24-14-20)7-6-17-2-4-18(5-3-17)15-27(23)21(22)29;;;/h2-5,8-9,14H,6-7,10-13,15,23H2,1H3,(H2,22,29);3*1H. The molecular weight excluding hydrogens is 475 g/mol. The lowest BCUT2D eigenvalue weighted by Gasteiger charge is -2.35. The van der Waals surface area contributed by atoms with Crippen molar-refractivity contribution in [1.29, 1.82) is 0 Å². The third kappa shape index (κ3) is 8.35. The van der Waals surface area contributed by atoms with Crippen molar-refractivity contribution in [2.75, 3.05) is 31.1 Å². The molecule has 11 heteroatoms. The van der Waals surface area contributed by atoms with Gasteiger partial charge in [-0.3, -0.25) is 14.8 Å². The summed E-state index contributed by atoms with van der Waals surface area (Å²) in [4.78, 5) is 31.2. The van der Waals surface area contributed by atoms with Gasteiger partial charge in [0.2, 0.25) is 5.91 Å². The number of carbonyl (C=O) groups excluding carboxylic acids is 2. The minimum atomic E-state index is -0.649. The average molecular weight is 506 g/mol. The molecule has 3 rings (SSSR count). The number of nitrogens with zero attached hydrogens (tertiary/aromatic N) is 4. The normalized spacial score (nSPS) is 12.7. The zero-order valence-electron chi connectivity index (χ0n) is 18.0. The van der Waals surface area contributed by atoms with E-state index < -0.39 is 6.03 Å². The molecule has 0 bridgehead atoms. The lowest BCUT2D eigenvalue weighted by atomic mass is 10.1. The molecule has 32 heavy (non-hydrogen) atoms. The van der Waals surface area contributed by atoms with Crippen molar-refractivity contribution in [3.63, 3.8) is 0 Å². The van der Waals surface area contributed by atoms with Gasteiger partial charge in [-0.2, -0.15) is 0 Å². The summed E-state index contributed by atoms with van der Waals surface area (Å²) in [6, 6.07) is 11.5. The monoisotopic (exact) mass is 504 g/mol. The Balaban J connectivity index is 0.00000320. The molecule has 1 saturated heterocycles. The Morgan fingerprint density at radius 3 is 2.03 bits per heavy atom.